The highest BCUT2D eigenvalue weighted by molar-refractivity contribution is 7.16. The van der Waals surface area contributed by atoms with E-state index in [-0.39, 0.29) is 5.92 Å². The molecule has 0 saturated carbocycles. The average molecular weight is 576 g/mol. The molecule has 9 nitrogen and oxygen atoms in total. The van der Waals surface area contributed by atoms with Crippen LogP contribution in [-0.2, 0) is 6.42 Å². The maximum atomic E-state index is 9.94. The molecule has 41 heavy (non-hydrogen) atoms. The van der Waals surface area contributed by atoms with Crippen molar-refractivity contribution in [3.05, 3.63) is 39.0 Å². The van der Waals surface area contributed by atoms with Crippen molar-refractivity contribution < 1.29 is 0 Å². The Morgan fingerprint density at radius 1 is 1.02 bits per heavy atom. The summed E-state index contributed by atoms with van der Waals surface area (Å²) in [6.45, 7) is 12.1. The third kappa shape index (κ3) is 6.27. The van der Waals surface area contributed by atoms with Gasteiger partial charge in [-0.3, -0.25) is 5.41 Å². The molecule has 0 amide bonds. The Morgan fingerprint density at radius 2 is 1.66 bits per heavy atom. The number of piperazine rings is 1. The number of nitrogens with two attached hydrogens (primary N) is 1. The van der Waals surface area contributed by atoms with Crippen LogP contribution in [0.1, 0.15) is 73.7 Å². The lowest BCUT2D eigenvalue weighted by Crippen LogP contribution is -2.45. The van der Waals surface area contributed by atoms with Gasteiger partial charge in [0.15, 0.2) is 5.82 Å². The molecule has 0 radical (unpaired) electrons. The molecule has 10 heteroatoms. The van der Waals surface area contributed by atoms with Gasteiger partial charge in [-0.1, -0.05) is 18.9 Å². The number of aryl methyl sites for hydroxylation is 1. The van der Waals surface area contributed by atoms with Gasteiger partial charge in [-0.2, -0.15) is 5.26 Å². The highest BCUT2D eigenvalue weighted by Gasteiger charge is 2.31. The van der Waals surface area contributed by atoms with Crippen molar-refractivity contribution in [1.82, 2.24) is 19.8 Å². The fraction of sp³-hybridized carbons (Fsp3) is 0.613. The van der Waals surface area contributed by atoms with Gasteiger partial charge in [-0.15, -0.1) is 11.3 Å². The smallest absolute Gasteiger partial charge is 0.181 e. The molecule has 4 heterocycles. The molecule has 2 aromatic heterocycles. The summed E-state index contributed by atoms with van der Waals surface area (Å²) in [5.41, 5.74) is 10.6. The van der Waals surface area contributed by atoms with E-state index in [1.165, 1.54) is 10.5 Å². The average Bonchev–Trinajstić information content (AvgIpc) is 3.15. The van der Waals surface area contributed by atoms with E-state index >= 15 is 0 Å². The molecule has 1 aliphatic carbocycles. The molecule has 1 atom stereocenters. The number of fused-ring (bicyclic) bond motifs is 1. The van der Waals surface area contributed by atoms with Crippen LogP contribution < -0.4 is 15.5 Å². The number of likely N-dealkylation sites (N-methyl/N-ethyl adjacent to an activating group) is 2. The molecule has 2 fully saturated rings. The van der Waals surface area contributed by atoms with Crippen LogP contribution in [-0.4, -0.2) is 91.9 Å². The molecule has 3 N–H and O–H groups in total. The van der Waals surface area contributed by atoms with Gasteiger partial charge < -0.3 is 25.3 Å². The zero-order chi connectivity index (χ0) is 29.1. The van der Waals surface area contributed by atoms with Crippen LogP contribution in [0.5, 0.6) is 0 Å². The number of nitrogens with zero attached hydrogens (tertiary/aromatic N) is 7. The quantitative estimate of drug-likeness (QED) is 0.465. The van der Waals surface area contributed by atoms with Crippen LogP contribution in [0.3, 0.4) is 0 Å². The first-order valence-corrected chi connectivity index (χ1v) is 16.0. The molecular formula is C31H45N9S. The number of hydrogen-bond acceptors (Lipinski definition) is 10. The first-order chi connectivity index (χ1) is 19.8. The van der Waals surface area contributed by atoms with Crippen LogP contribution in [0.4, 0.5) is 16.6 Å². The maximum absolute atomic E-state index is 9.94. The number of allylic oxidation sites excluding steroid dienone is 2. The van der Waals surface area contributed by atoms with E-state index in [4.69, 9.17) is 15.7 Å². The molecule has 0 unspecified atom stereocenters. The van der Waals surface area contributed by atoms with Gasteiger partial charge in [-0.25, -0.2) is 9.97 Å². The number of hydrogen-bond donors (Lipinski definition) is 2. The Labute approximate surface area is 249 Å². The SMILES string of the molecule is CCC/C(C(=N)c1nc(N2CCCN(C)CC2)cc(N2CCN(C)CC2)n1)=C(/C)[C@H]1CCCc2sc(N)c(C#N)c21. The van der Waals surface area contributed by atoms with E-state index in [1.54, 1.807) is 11.3 Å². The summed E-state index contributed by atoms with van der Waals surface area (Å²) in [5.74, 6) is 2.46. The van der Waals surface area contributed by atoms with Crippen molar-refractivity contribution >= 4 is 33.7 Å². The topological polar surface area (TPSA) is 112 Å². The van der Waals surface area contributed by atoms with Crippen molar-refractivity contribution in [2.45, 2.75) is 58.3 Å². The number of nitrogens with one attached hydrogen (secondary N) is 1. The van der Waals surface area contributed by atoms with Gasteiger partial charge in [-0.05, 0) is 70.8 Å². The lowest BCUT2D eigenvalue weighted by Gasteiger charge is -2.34. The van der Waals surface area contributed by atoms with Gasteiger partial charge in [0.25, 0.3) is 0 Å². The number of nitriles is 1. The minimum atomic E-state index is 0.102. The van der Waals surface area contributed by atoms with Crippen LogP contribution in [0.2, 0.25) is 0 Å². The zero-order valence-corrected chi connectivity index (χ0v) is 26.0. The Bertz CT molecular complexity index is 1330. The summed E-state index contributed by atoms with van der Waals surface area (Å²) in [7, 11) is 4.35. The molecule has 220 valence electrons. The molecule has 0 spiro atoms. The Morgan fingerprint density at radius 3 is 2.29 bits per heavy atom. The molecule has 0 bridgehead atoms. The molecular weight excluding hydrogens is 530 g/mol. The van der Waals surface area contributed by atoms with Crippen molar-refractivity contribution in [2.24, 2.45) is 0 Å². The van der Waals surface area contributed by atoms with E-state index in [9.17, 15) is 10.7 Å². The highest BCUT2D eigenvalue weighted by Crippen LogP contribution is 2.46. The molecule has 3 aliphatic rings. The molecule has 2 saturated heterocycles. The minimum Gasteiger partial charge on any atom is -0.389 e. The largest absolute Gasteiger partial charge is 0.389 e. The number of aromatic nitrogens is 2. The van der Waals surface area contributed by atoms with E-state index in [0.717, 1.165) is 114 Å². The predicted octanol–water partition coefficient (Wildman–Crippen LogP) is 4.49. The van der Waals surface area contributed by atoms with Crippen molar-refractivity contribution in [3.8, 4) is 6.07 Å². The number of thiophene rings is 1. The highest BCUT2D eigenvalue weighted by atomic mass is 32.1. The van der Waals surface area contributed by atoms with Crippen LogP contribution in [0.25, 0.3) is 0 Å². The fourth-order valence-corrected chi connectivity index (χ4v) is 7.63. The third-order valence-electron chi connectivity index (χ3n) is 9.00. The van der Waals surface area contributed by atoms with Crippen LogP contribution in [0, 0.1) is 16.7 Å². The van der Waals surface area contributed by atoms with Crippen molar-refractivity contribution in [1.29, 1.82) is 10.7 Å². The lowest BCUT2D eigenvalue weighted by molar-refractivity contribution is 0.312. The predicted molar refractivity (Wildman–Crippen MR) is 170 cm³/mol. The summed E-state index contributed by atoms with van der Waals surface area (Å²) < 4.78 is 0. The van der Waals surface area contributed by atoms with E-state index < -0.39 is 0 Å². The summed E-state index contributed by atoms with van der Waals surface area (Å²) in [6, 6.07) is 4.53. The van der Waals surface area contributed by atoms with Crippen molar-refractivity contribution in [3.63, 3.8) is 0 Å². The Hall–Kier alpha value is -3.00. The van der Waals surface area contributed by atoms with Gasteiger partial charge in [0, 0.05) is 62.7 Å². The monoisotopic (exact) mass is 575 g/mol. The summed E-state index contributed by atoms with van der Waals surface area (Å²) in [6.07, 6.45) is 5.81. The third-order valence-corrected chi connectivity index (χ3v) is 10.1. The summed E-state index contributed by atoms with van der Waals surface area (Å²) >= 11 is 1.57. The van der Waals surface area contributed by atoms with Gasteiger partial charge in [0.2, 0.25) is 0 Å². The lowest BCUT2D eigenvalue weighted by atomic mass is 9.78. The maximum Gasteiger partial charge on any atom is 0.181 e. The Kier molecular flexibility index (Phi) is 9.27. The zero-order valence-electron chi connectivity index (χ0n) is 25.2. The summed E-state index contributed by atoms with van der Waals surface area (Å²) in [5, 5.41) is 20.1. The van der Waals surface area contributed by atoms with E-state index in [1.807, 2.05) is 0 Å². The van der Waals surface area contributed by atoms with Crippen molar-refractivity contribution in [2.75, 3.05) is 82.0 Å². The summed E-state index contributed by atoms with van der Waals surface area (Å²) in [4.78, 5) is 20.8. The molecule has 2 aromatic rings. The first kappa shape index (κ1) is 29.5. The molecule has 5 rings (SSSR count). The number of anilines is 3. The molecule has 2 aliphatic heterocycles. The first-order valence-electron chi connectivity index (χ1n) is 15.2. The van der Waals surface area contributed by atoms with Crippen LogP contribution in [0.15, 0.2) is 17.2 Å². The normalized spacial score (nSPS) is 21.2. The van der Waals surface area contributed by atoms with Crippen LogP contribution >= 0.6 is 11.3 Å². The van der Waals surface area contributed by atoms with E-state index in [0.29, 0.717) is 22.1 Å². The van der Waals surface area contributed by atoms with E-state index in [2.05, 4.69) is 59.7 Å². The standard InChI is InChI=1S/C31H45N9S/c1-5-8-23(21(2)22-9-6-10-25-28(22)24(20-32)30(34)41-25)29(33)31-35-26(39-12-7-11-37(3)13-16-39)19-27(36-31)40-17-14-38(4)15-18-40/h19,22,33H,5-18,34H2,1-4H3/b23-21+,33-29?/t22-/m1/s1. The Balaban J connectivity index is 1.56. The second-order valence-electron chi connectivity index (χ2n) is 11.9. The minimum absolute atomic E-state index is 0.102. The molecule has 0 aromatic carbocycles. The van der Waals surface area contributed by atoms with Gasteiger partial charge >= 0.3 is 0 Å². The second kappa shape index (κ2) is 12.9. The number of nitrogen functional groups attached to an aromatic ring is 1. The van der Waals surface area contributed by atoms with Gasteiger partial charge in [0.05, 0.1) is 5.56 Å². The fourth-order valence-electron chi connectivity index (χ4n) is 6.51. The number of rotatable bonds is 7. The second-order valence-corrected chi connectivity index (χ2v) is 13.0. The van der Waals surface area contributed by atoms with Gasteiger partial charge in [0.1, 0.15) is 28.4 Å².